The lowest BCUT2D eigenvalue weighted by Gasteiger charge is -1.95. The average molecular weight is 352 g/mol. The van der Waals surface area contributed by atoms with Crippen molar-refractivity contribution < 1.29 is 9.63 Å². The number of aromatic nitrogens is 1. The van der Waals surface area contributed by atoms with Crippen LogP contribution in [0.4, 0.5) is 0 Å². The van der Waals surface area contributed by atoms with Crippen molar-refractivity contribution in [3.05, 3.63) is 35.4 Å². The predicted octanol–water partition coefficient (Wildman–Crippen LogP) is 2.84. The summed E-state index contributed by atoms with van der Waals surface area (Å²) in [7, 11) is 0.775. The van der Waals surface area contributed by atoms with E-state index in [-0.39, 0.29) is 11.5 Å². The Hall–Kier alpha value is -1.55. The van der Waals surface area contributed by atoms with E-state index in [0.29, 0.717) is 10.9 Å². The van der Waals surface area contributed by atoms with Crippen molar-refractivity contribution in [1.29, 1.82) is 0 Å². The number of carbonyl (C=O) groups is 1. The molecule has 114 valence electrons. The van der Waals surface area contributed by atoms with E-state index in [4.69, 9.17) is 10.6 Å². The van der Waals surface area contributed by atoms with E-state index in [0.717, 1.165) is 26.3 Å². The van der Waals surface area contributed by atoms with E-state index in [9.17, 15) is 4.79 Å². The summed E-state index contributed by atoms with van der Waals surface area (Å²) >= 11 is 2.64. The Morgan fingerprint density at radius 3 is 3.09 bits per heavy atom. The van der Waals surface area contributed by atoms with Crippen molar-refractivity contribution in [2.75, 3.05) is 7.11 Å². The molecule has 1 aliphatic heterocycles. The molecule has 2 N–H and O–H groups in total. The molecule has 2 heterocycles. The summed E-state index contributed by atoms with van der Waals surface area (Å²) in [4.78, 5) is 25.4. The quantitative estimate of drug-likeness (QED) is 0.675. The maximum Gasteiger partial charge on any atom is 0.201 e. The maximum atomic E-state index is 12.1. The van der Waals surface area contributed by atoms with Gasteiger partial charge in [-0.1, -0.05) is 16.7 Å². The number of para-hydroxylation sites is 1. The zero-order chi connectivity index (χ0) is 15.5. The van der Waals surface area contributed by atoms with Crippen LogP contribution >= 0.6 is 23.1 Å². The van der Waals surface area contributed by atoms with Gasteiger partial charge in [0.15, 0.2) is 9.51 Å². The summed E-state index contributed by atoms with van der Waals surface area (Å²) in [5.74, 6) is 0. The molecule has 9 heteroatoms. The normalized spacial score (nSPS) is 17.8. The Balaban J connectivity index is 1.68. The SMILES string of the molecule is CON=S1C=C(CC(=O)Sc2nc3ccccc3s2)N=C1N. The highest BCUT2D eigenvalue weighted by molar-refractivity contribution is 8.15. The smallest absolute Gasteiger partial charge is 0.201 e. The van der Waals surface area contributed by atoms with E-state index in [2.05, 4.69) is 14.5 Å². The number of allylic oxidation sites excluding steroid dienone is 1. The van der Waals surface area contributed by atoms with Gasteiger partial charge in [-0.3, -0.25) is 4.79 Å². The zero-order valence-electron chi connectivity index (χ0n) is 11.6. The minimum atomic E-state index is -0.683. The van der Waals surface area contributed by atoms with Crippen LogP contribution in [-0.4, -0.2) is 22.4 Å². The Bertz CT molecular complexity index is 793. The van der Waals surface area contributed by atoms with Gasteiger partial charge in [0.2, 0.25) is 5.12 Å². The van der Waals surface area contributed by atoms with Gasteiger partial charge in [0, 0.05) is 16.1 Å². The molecule has 6 nitrogen and oxygen atoms in total. The Morgan fingerprint density at radius 2 is 2.32 bits per heavy atom. The van der Waals surface area contributed by atoms with E-state index in [1.54, 1.807) is 5.41 Å². The fraction of sp³-hybridized carbons (Fsp3) is 0.154. The highest BCUT2D eigenvalue weighted by Crippen LogP contribution is 2.31. The summed E-state index contributed by atoms with van der Waals surface area (Å²) < 4.78 is 5.65. The molecule has 2 aromatic rings. The van der Waals surface area contributed by atoms with Crippen LogP contribution in [-0.2, 0) is 20.3 Å². The lowest BCUT2D eigenvalue weighted by Crippen LogP contribution is -2.13. The summed E-state index contributed by atoms with van der Waals surface area (Å²) in [6, 6.07) is 7.81. The first-order chi connectivity index (χ1) is 10.7. The molecule has 0 spiro atoms. The summed E-state index contributed by atoms with van der Waals surface area (Å²) in [6.45, 7) is 0. The van der Waals surface area contributed by atoms with Crippen LogP contribution in [0.1, 0.15) is 6.42 Å². The lowest BCUT2D eigenvalue weighted by atomic mass is 10.3. The molecule has 3 rings (SSSR count). The molecular formula is C13H12N4O2S3. The number of nitrogens with two attached hydrogens (primary N) is 1. The third kappa shape index (κ3) is 3.43. The third-order valence-corrected chi connectivity index (χ3v) is 5.97. The van der Waals surface area contributed by atoms with Crippen molar-refractivity contribution in [2.24, 2.45) is 15.3 Å². The minimum absolute atomic E-state index is 0.0234. The molecule has 0 fully saturated rings. The topological polar surface area (TPSA) is 89.9 Å². The molecule has 1 atom stereocenters. The van der Waals surface area contributed by atoms with E-state index < -0.39 is 10.7 Å². The monoisotopic (exact) mass is 352 g/mol. The zero-order valence-corrected chi connectivity index (χ0v) is 14.0. The number of thiazole rings is 1. The number of nitrogens with zero attached hydrogens (tertiary/aromatic N) is 3. The Kier molecular flexibility index (Phi) is 4.67. The predicted molar refractivity (Wildman–Crippen MR) is 91.6 cm³/mol. The Morgan fingerprint density at radius 1 is 1.50 bits per heavy atom. The number of fused-ring (bicyclic) bond motifs is 1. The van der Waals surface area contributed by atoms with Gasteiger partial charge in [0.1, 0.15) is 0 Å². The first-order valence-corrected chi connectivity index (χ1v) is 9.12. The molecule has 0 saturated carbocycles. The van der Waals surface area contributed by atoms with Gasteiger partial charge in [-0.2, -0.15) is 0 Å². The van der Waals surface area contributed by atoms with Gasteiger partial charge in [0.05, 0.1) is 29.4 Å². The van der Waals surface area contributed by atoms with Crippen LogP contribution in [0, 0.1) is 0 Å². The first kappa shape index (κ1) is 15.3. The largest absolute Gasteiger partial charge is 0.377 e. The molecule has 0 saturated heterocycles. The van der Waals surface area contributed by atoms with Crippen LogP contribution < -0.4 is 5.73 Å². The van der Waals surface area contributed by atoms with Crippen LogP contribution in [0.25, 0.3) is 10.2 Å². The molecule has 1 unspecified atom stereocenters. The molecule has 22 heavy (non-hydrogen) atoms. The second-order valence-electron chi connectivity index (χ2n) is 4.23. The number of aliphatic imine (C=N–C) groups is 1. The van der Waals surface area contributed by atoms with Crippen LogP contribution in [0.15, 0.2) is 49.2 Å². The lowest BCUT2D eigenvalue weighted by molar-refractivity contribution is -0.110. The van der Waals surface area contributed by atoms with Crippen molar-refractivity contribution in [2.45, 2.75) is 10.8 Å². The molecular weight excluding hydrogens is 340 g/mol. The highest BCUT2D eigenvalue weighted by Gasteiger charge is 2.17. The van der Waals surface area contributed by atoms with Crippen molar-refractivity contribution in [3.8, 4) is 0 Å². The summed E-state index contributed by atoms with van der Waals surface area (Å²) in [5.41, 5.74) is 7.28. The molecule has 1 aromatic carbocycles. The van der Waals surface area contributed by atoms with Gasteiger partial charge in [0.25, 0.3) is 0 Å². The number of thioether (sulfide) groups is 1. The summed E-state index contributed by atoms with van der Waals surface area (Å²) in [5, 5.41) is 2.11. The molecule has 0 amide bonds. The number of benzene rings is 1. The standard InChI is InChI=1S/C13H12N4O2S3/c1-19-17-22-7-8(15-12(22)14)6-11(18)21-13-16-9-4-2-3-5-10(9)20-13/h2-5,7H,6H2,1H3,(H2,14,15). The first-order valence-electron chi connectivity index (χ1n) is 6.24. The second-order valence-corrected chi connectivity index (χ2v) is 8.00. The molecule has 0 bridgehead atoms. The number of hydrogen-bond donors (Lipinski definition) is 1. The second kappa shape index (κ2) is 6.69. The third-order valence-electron chi connectivity index (χ3n) is 2.67. The van der Waals surface area contributed by atoms with E-state index in [1.165, 1.54) is 18.4 Å². The van der Waals surface area contributed by atoms with Gasteiger partial charge >= 0.3 is 0 Å². The van der Waals surface area contributed by atoms with Crippen LogP contribution in [0.5, 0.6) is 0 Å². The van der Waals surface area contributed by atoms with E-state index >= 15 is 0 Å². The fourth-order valence-electron chi connectivity index (χ4n) is 1.80. The van der Waals surface area contributed by atoms with Crippen LogP contribution in [0.3, 0.4) is 0 Å². The molecule has 1 aromatic heterocycles. The number of hydrogen-bond acceptors (Lipinski definition) is 8. The number of carbonyl (C=O) groups excluding carboxylic acids is 1. The molecule has 1 aliphatic rings. The molecule has 0 radical (unpaired) electrons. The van der Waals surface area contributed by atoms with Gasteiger partial charge in [-0.25, -0.2) is 14.8 Å². The average Bonchev–Trinajstić information content (AvgIpc) is 3.02. The fourth-order valence-corrected chi connectivity index (χ4v) is 4.78. The minimum Gasteiger partial charge on any atom is -0.377 e. The molecule has 0 aliphatic carbocycles. The van der Waals surface area contributed by atoms with Gasteiger partial charge in [-0.15, -0.1) is 11.3 Å². The van der Waals surface area contributed by atoms with Gasteiger partial charge < -0.3 is 5.73 Å². The van der Waals surface area contributed by atoms with Crippen LogP contribution in [0.2, 0.25) is 0 Å². The number of rotatable bonds is 4. The highest BCUT2D eigenvalue weighted by atomic mass is 32.2. The summed E-state index contributed by atoms with van der Waals surface area (Å²) in [6.07, 6.45) is 0.198. The van der Waals surface area contributed by atoms with Crippen molar-refractivity contribution in [1.82, 2.24) is 4.98 Å². The maximum absolute atomic E-state index is 12.1. The Labute approximate surface area is 137 Å². The van der Waals surface area contributed by atoms with Crippen molar-refractivity contribution in [3.63, 3.8) is 0 Å². The number of amidine groups is 1. The van der Waals surface area contributed by atoms with Gasteiger partial charge in [-0.05, 0) is 23.9 Å². The van der Waals surface area contributed by atoms with Crippen molar-refractivity contribution >= 4 is 54.3 Å². The van der Waals surface area contributed by atoms with E-state index in [1.807, 2.05) is 24.3 Å².